The fourth-order valence-corrected chi connectivity index (χ4v) is 1.94. The first-order valence-electron chi connectivity index (χ1n) is 5.95. The summed E-state index contributed by atoms with van der Waals surface area (Å²) < 4.78 is 9.44. The topological polar surface area (TPSA) is 76.1 Å². The lowest BCUT2D eigenvalue weighted by Gasteiger charge is -2.11. The lowest BCUT2D eigenvalue weighted by Crippen LogP contribution is -2.26. The van der Waals surface area contributed by atoms with Gasteiger partial charge in [0.05, 0.1) is 7.11 Å². The summed E-state index contributed by atoms with van der Waals surface area (Å²) in [7, 11) is 1.49. The molecular formula is C13H15NO5. The van der Waals surface area contributed by atoms with Crippen molar-refractivity contribution in [2.24, 2.45) is 0 Å². The third-order valence-electron chi connectivity index (χ3n) is 2.92. The fourth-order valence-electron chi connectivity index (χ4n) is 1.94. The maximum atomic E-state index is 11.2. The van der Waals surface area contributed by atoms with Crippen molar-refractivity contribution in [3.05, 3.63) is 23.8 Å². The lowest BCUT2D eigenvalue weighted by atomic mass is 10.1. The zero-order valence-electron chi connectivity index (χ0n) is 10.6. The molecule has 0 bridgehead atoms. The van der Waals surface area contributed by atoms with Gasteiger partial charge in [-0.2, -0.15) is 0 Å². The summed E-state index contributed by atoms with van der Waals surface area (Å²) in [6.45, 7) is 0.492. The van der Waals surface area contributed by atoms with Crippen LogP contribution in [0.15, 0.2) is 18.2 Å². The summed E-state index contributed by atoms with van der Waals surface area (Å²) in [5.74, 6) is 0.0181. The number of aryl methyl sites for hydroxylation is 1. The van der Waals surface area contributed by atoms with Crippen molar-refractivity contribution >= 4 is 12.1 Å². The standard InChI is InChI=1S/C13H15NO5/c1-18-11-7-9(4-5-10(11)15)3-2-6-14-8-12(16)19-13(14)17/h4-5,7,15H,2-3,6,8H2,1H3. The number of amides is 1. The van der Waals surface area contributed by atoms with Crippen molar-refractivity contribution in [1.29, 1.82) is 0 Å². The molecule has 0 aliphatic carbocycles. The van der Waals surface area contributed by atoms with Gasteiger partial charge >= 0.3 is 12.1 Å². The maximum absolute atomic E-state index is 11.2. The van der Waals surface area contributed by atoms with Gasteiger partial charge < -0.3 is 14.6 Å². The molecule has 0 aromatic heterocycles. The van der Waals surface area contributed by atoms with Gasteiger partial charge in [-0.05, 0) is 30.5 Å². The lowest BCUT2D eigenvalue weighted by molar-refractivity contribution is -0.132. The highest BCUT2D eigenvalue weighted by Crippen LogP contribution is 2.26. The number of esters is 1. The third kappa shape index (κ3) is 3.15. The molecule has 1 N–H and O–H groups in total. The first-order valence-corrected chi connectivity index (χ1v) is 5.95. The minimum Gasteiger partial charge on any atom is -0.504 e. The molecule has 0 unspecified atom stereocenters. The van der Waals surface area contributed by atoms with E-state index in [9.17, 15) is 14.7 Å². The highest BCUT2D eigenvalue weighted by molar-refractivity contribution is 5.92. The fraction of sp³-hybridized carbons (Fsp3) is 0.385. The number of methoxy groups -OCH3 is 1. The Kier molecular flexibility index (Phi) is 3.89. The number of benzene rings is 1. The smallest absolute Gasteiger partial charge is 0.418 e. The molecule has 1 aliphatic heterocycles. The summed E-state index contributed by atoms with van der Waals surface area (Å²) in [6, 6.07) is 5.12. The van der Waals surface area contributed by atoms with Gasteiger partial charge in [-0.1, -0.05) is 6.07 Å². The number of ether oxygens (including phenoxy) is 2. The van der Waals surface area contributed by atoms with Crippen molar-refractivity contribution in [3.63, 3.8) is 0 Å². The SMILES string of the molecule is COc1cc(CCCN2CC(=O)OC2=O)ccc1O. The van der Waals surface area contributed by atoms with Gasteiger partial charge in [-0.25, -0.2) is 9.59 Å². The van der Waals surface area contributed by atoms with Gasteiger partial charge in [0.15, 0.2) is 11.5 Å². The third-order valence-corrected chi connectivity index (χ3v) is 2.92. The number of hydrogen-bond donors (Lipinski definition) is 1. The summed E-state index contributed by atoms with van der Waals surface area (Å²) >= 11 is 0. The Labute approximate surface area is 110 Å². The molecule has 0 atom stereocenters. The van der Waals surface area contributed by atoms with Crippen LogP contribution in [0.3, 0.4) is 0 Å². The number of phenolic OH excluding ortho intramolecular Hbond substituents is 1. The van der Waals surface area contributed by atoms with Gasteiger partial charge in [-0.15, -0.1) is 0 Å². The van der Waals surface area contributed by atoms with Crippen molar-refractivity contribution in [3.8, 4) is 11.5 Å². The largest absolute Gasteiger partial charge is 0.504 e. The molecule has 6 heteroatoms. The molecule has 6 nitrogen and oxygen atoms in total. The molecule has 0 radical (unpaired) electrons. The van der Waals surface area contributed by atoms with Crippen LogP contribution in [0, 0.1) is 0 Å². The van der Waals surface area contributed by atoms with E-state index >= 15 is 0 Å². The second-order valence-electron chi connectivity index (χ2n) is 4.27. The highest BCUT2D eigenvalue weighted by atomic mass is 16.6. The monoisotopic (exact) mass is 265 g/mol. The Morgan fingerprint density at radius 3 is 2.84 bits per heavy atom. The van der Waals surface area contributed by atoms with Crippen molar-refractivity contribution in [2.45, 2.75) is 12.8 Å². The zero-order chi connectivity index (χ0) is 13.8. The molecule has 0 saturated carbocycles. The number of nitrogens with zero attached hydrogens (tertiary/aromatic N) is 1. The Morgan fingerprint density at radius 1 is 1.42 bits per heavy atom. The van der Waals surface area contributed by atoms with Crippen LogP contribution in [-0.4, -0.2) is 42.3 Å². The summed E-state index contributed by atoms with van der Waals surface area (Å²) in [5, 5.41) is 9.46. The van der Waals surface area contributed by atoms with Gasteiger partial charge in [-0.3, -0.25) is 4.90 Å². The van der Waals surface area contributed by atoms with Crippen LogP contribution in [0.4, 0.5) is 4.79 Å². The summed E-state index contributed by atoms with van der Waals surface area (Å²) in [5.41, 5.74) is 0.994. The number of phenols is 1. The second-order valence-corrected chi connectivity index (χ2v) is 4.27. The van der Waals surface area contributed by atoms with Crippen molar-refractivity contribution in [1.82, 2.24) is 4.90 Å². The predicted molar refractivity (Wildman–Crippen MR) is 66.0 cm³/mol. The average molecular weight is 265 g/mol. The van der Waals surface area contributed by atoms with E-state index in [1.807, 2.05) is 0 Å². The average Bonchev–Trinajstić information content (AvgIpc) is 2.70. The Balaban J connectivity index is 1.86. The first kappa shape index (κ1) is 13.2. The van der Waals surface area contributed by atoms with E-state index in [4.69, 9.17) is 4.74 Å². The minimum absolute atomic E-state index is 0.0255. The van der Waals surface area contributed by atoms with E-state index in [-0.39, 0.29) is 12.3 Å². The Hall–Kier alpha value is -2.24. The predicted octanol–water partition coefficient (Wildman–Crippen LogP) is 1.31. The molecule has 1 amide bonds. The molecule has 0 spiro atoms. The Morgan fingerprint density at radius 2 is 2.21 bits per heavy atom. The minimum atomic E-state index is -0.576. The number of rotatable bonds is 5. The molecule has 19 heavy (non-hydrogen) atoms. The van der Waals surface area contributed by atoms with Gasteiger partial charge in [0.25, 0.3) is 0 Å². The second kappa shape index (κ2) is 5.60. The first-order chi connectivity index (χ1) is 9.10. The highest BCUT2D eigenvalue weighted by Gasteiger charge is 2.28. The molecule has 1 heterocycles. The normalized spacial score (nSPS) is 14.7. The van der Waals surface area contributed by atoms with Crippen molar-refractivity contribution < 1.29 is 24.2 Å². The molecule has 1 aromatic rings. The van der Waals surface area contributed by atoms with Crippen LogP contribution in [0.2, 0.25) is 0 Å². The van der Waals surface area contributed by atoms with Crippen LogP contribution < -0.4 is 4.74 Å². The van der Waals surface area contributed by atoms with E-state index in [0.29, 0.717) is 25.1 Å². The van der Waals surface area contributed by atoms with Crippen LogP contribution in [0.5, 0.6) is 11.5 Å². The molecule has 1 fully saturated rings. The quantitative estimate of drug-likeness (QED) is 0.641. The molecule has 1 aromatic carbocycles. The van der Waals surface area contributed by atoms with E-state index in [1.54, 1.807) is 18.2 Å². The number of cyclic esters (lactones) is 2. The van der Waals surface area contributed by atoms with Gasteiger partial charge in [0, 0.05) is 6.54 Å². The molecular weight excluding hydrogens is 250 g/mol. The molecule has 102 valence electrons. The number of carbonyl (C=O) groups is 2. The maximum Gasteiger partial charge on any atom is 0.418 e. The number of aromatic hydroxyl groups is 1. The van der Waals surface area contributed by atoms with Crippen molar-refractivity contribution in [2.75, 3.05) is 20.2 Å². The van der Waals surface area contributed by atoms with E-state index < -0.39 is 12.1 Å². The van der Waals surface area contributed by atoms with E-state index in [2.05, 4.69) is 4.74 Å². The zero-order valence-corrected chi connectivity index (χ0v) is 10.6. The Bertz CT molecular complexity index is 500. The number of hydrogen-bond acceptors (Lipinski definition) is 5. The molecule has 1 saturated heterocycles. The summed E-state index contributed by atoms with van der Waals surface area (Å²) in [4.78, 5) is 23.5. The van der Waals surface area contributed by atoms with E-state index in [0.717, 1.165) is 5.56 Å². The van der Waals surface area contributed by atoms with Gasteiger partial charge in [0.1, 0.15) is 6.54 Å². The van der Waals surface area contributed by atoms with Gasteiger partial charge in [0.2, 0.25) is 0 Å². The van der Waals surface area contributed by atoms with Crippen LogP contribution >= 0.6 is 0 Å². The van der Waals surface area contributed by atoms with Crippen LogP contribution in [0.25, 0.3) is 0 Å². The number of carbonyl (C=O) groups excluding carboxylic acids is 2. The van der Waals surface area contributed by atoms with Crippen LogP contribution in [0.1, 0.15) is 12.0 Å². The molecule has 1 aliphatic rings. The van der Waals surface area contributed by atoms with Crippen LogP contribution in [-0.2, 0) is 16.0 Å². The summed E-state index contributed by atoms with van der Waals surface area (Å²) in [6.07, 6.45) is 0.846. The van der Waals surface area contributed by atoms with E-state index in [1.165, 1.54) is 12.0 Å². The molecule has 2 rings (SSSR count).